The molecule has 0 atom stereocenters. The van der Waals surface area contributed by atoms with Crippen LogP contribution in [0.5, 0.6) is 0 Å². The molecule has 2 rings (SSSR count). The van der Waals surface area contributed by atoms with Crippen LogP contribution in [0, 0.1) is 0 Å². The van der Waals surface area contributed by atoms with E-state index in [2.05, 4.69) is 43.6 Å². The molecule has 0 unspecified atom stereocenters. The first-order chi connectivity index (χ1) is 6.58. The van der Waals surface area contributed by atoms with E-state index < -0.39 is 0 Å². The van der Waals surface area contributed by atoms with Crippen molar-refractivity contribution in [1.82, 2.24) is 10.6 Å². The molecule has 0 fully saturated rings. The molecule has 0 aromatic heterocycles. The summed E-state index contributed by atoms with van der Waals surface area (Å²) in [6.45, 7) is 6.50. The molecular weight excluding hydrogens is 172 g/mol. The maximum absolute atomic E-state index is 3.49. The SMILES string of the molecule is CC1=CC(C)(C)NC2=CC=CNC=C12. The highest BCUT2D eigenvalue weighted by Gasteiger charge is 2.24. The van der Waals surface area contributed by atoms with Crippen molar-refractivity contribution in [3.8, 4) is 0 Å². The van der Waals surface area contributed by atoms with Crippen LogP contribution in [0.2, 0.25) is 0 Å². The molecule has 2 N–H and O–H groups in total. The van der Waals surface area contributed by atoms with Crippen molar-refractivity contribution < 1.29 is 0 Å². The van der Waals surface area contributed by atoms with Gasteiger partial charge in [-0.05, 0) is 38.5 Å². The number of allylic oxidation sites excluding steroid dienone is 3. The zero-order valence-corrected chi connectivity index (χ0v) is 8.89. The van der Waals surface area contributed by atoms with Gasteiger partial charge in [0.2, 0.25) is 0 Å². The van der Waals surface area contributed by atoms with Crippen LogP contribution in [-0.2, 0) is 0 Å². The fourth-order valence-corrected chi connectivity index (χ4v) is 1.94. The van der Waals surface area contributed by atoms with E-state index in [0.29, 0.717) is 0 Å². The van der Waals surface area contributed by atoms with E-state index >= 15 is 0 Å². The van der Waals surface area contributed by atoms with Gasteiger partial charge in [-0.3, -0.25) is 0 Å². The standard InChI is InChI=1S/C12H16N2/c1-9-7-12(2,3)14-11-5-4-6-13-8-10(9)11/h4-8,13-14H,1-3H3. The molecule has 2 heterocycles. The van der Waals surface area contributed by atoms with Crippen LogP contribution < -0.4 is 10.6 Å². The molecule has 0 spiro atoms. The Hall–Kier alpha value is -1.44. The van der Waals surface area contributed by atoms with Crippen LogP contribution in [0.3, 0.4) is 0 Å². The van der Waals surface area contributed by atoms with Gasteiger partial charge in [-0.1, -0.05) is 6.08 Å². The third-order valence-corrected chi connectivity index (χ3v) is 2.43. The van der Waals surface area contributed by atoms with Crippen molar-refractivity contribution in [3.05, 3.63) is 47.5 Å². The first kappa shape index (κ1) is 9.13. The summed E-state index contributed by atoms with van der Waals surface area (Å²) in [5.74, 6) is 0. The van der Waals surface area contributed by atoms with Gasteiger partial charge in [0, 0.05) is 23.7 Å². The monoisotopic (exact) mass is 188 g/mol. The second-order valence-corrected chi connectivity index (χ2v) is 4.34. The van der Waals surface area contributed by atoms with Gasteiger partial charge in [0.15, 0.2) is 0 Å². The molecule has 0 amide bonds. The Morgan fingerprint density at radius 3 is 2.86 bits per heavy atom. The van der Waals surface area contributed by atoms with Gasteiger partial charge >= 0.3 is 0 Å². The van der Waals surface area contributed by atoms with Gasteiger partial charge in [0.1, 0.15) is 0 Å². The summed E-state index contributed by atoms with van der Waals surface area (Å²) in [5, 5.41) is 6.62. The lowest BCUT2D eigenvalue weighted by Crippen LogP contribution is -2.40. The molecule has 0 radical (unpaired) electrons. The van der Waals surface area contributed by atoms with E-state index in [0.717, 1.165) is 0 Å². The summed E-state index contributed by atoms with van der Waals surface area (Å²) in [4.78, 5) is 0. The molecule has 0 bridgehead atoms. The predicted octanol–water partition coefficient (Wildman–Crippen LogP) is 2.20. The molecule has 2 heteroatoms. The van der Waals surface area contributed by atoms with Crippen LogP contribution in [-0.4, -0.2) is 5.54 Å². The Balaban J connectivity index is 2.47. The third-order valence-electron chi connectivity index (χ3n) is 2.43. The van der Waals surface area contributed by atoms with Crippen LogP contribution >= 0.6 is 0 Å². The lowest BCUT2D eigenvalue weighted by atomic mass is 9.90. The fraction of sp³-hybridized carbons (Fsp3) is 0.333. The van der Waals surface area contributed by atoms with Gasteiger partial charge in [-0.2, -0.15) is 0 Å². The van der Waals surface area contributed by atoms with Gasteiger partial charge in [0.25, 0.3) is 0 Å². The first-order valence-corrected chi connectivity index (χ1v) is 4.90. The lowest BCUT2D eigenvalue weighted by Gasteiger charge is -2.32. The summed E-state index contributed by atoms with van der Waals surface area (Å²) in [6, 6.07) is 0. The van der Waals surface area contributed by atoms with E-state index in [-0.39, 0.29) is 5.54 Å². The lowest BCUT2D eigenvalue weighted by molar-refractivity contribution is 0.521. The number of hydrogen-bond donors (Lipinski definition) is 2. The minimum Gasteiger partial charge on any atom is -0.376 e. The Morgan fingerprint density at radius 1 is 1.29 bits per heavy atom. The van der Waals surface area contributed by atoms with Crippen molar-refractivity contribution in [2.24, 2.45) is 0 Å². The van der Waals surface area contributed by atoms with Crippen molar-refractivity contribution in [2.75, 3.05) is 0 Å². The smallest absolute Gasteiger partial charge is 0.0505 e. The van der Waals surface area contributed by atoms with Crippen LogP contribution in [0.4, 0.5) is 0 Å². The van der Waals surface area contributed by atoms with E-state index in [1.165, 1.54) is 16.8 Å². The van der Waals surface area contributed by atoms with Gasteiger partial charge in [0.05, 0.1) is 5.54 Å². The molecule has 0 aromatic rings. The highest BCUT2D eigenvalue weighted by molar-refractivity contribution is 5.51. The molecule has 2 aliphatic rings. The molecule has 0 aliphatic carbocycles. The average molecular weight is 188 g/mol. The summed E-state index contributed by atoms with van der Waals surface area (Å²) in [5.41, 5.74) is 3.80. The number of fused-ring (bicyclic) bond motifs is 1. The van der Waals surface area contributed by atoms with Crippen LogP contribution in [0.1, 0.15) is 20.8 Å². The number of nitrogens with one attached hydrogen (secondary N) is 2. The fourth-order valence-electron chi connectivity index (χ4n) is 1.94. The Kier molecular flexibility index (Phi) is 1.99. The minimum absolute atomic E-state index is 0.0471. The largest absolute Gasteiger partial charge is 0.376 e. The molecule has 14 heavy (non-hydrogen) atoms. The van der Waals surface area contributed by atoms with Crippen LogP contribution in [0.25, 0.3) is 0 Å². The molecule has 0 saturated heterocycles. The van der Waals surface area contributed by atoms with E-state index in [4.69, 9.17) is 0 Å². The van der Waals surface area contributed by atoms with Crippen LogP contribution in [0.15, 0.2) is 47.5 Å². The molecule has 0 aromatic carbocycles. The van der Waals surface area contributed by atoms with Crippen molar-refractivity contribution in [2.45, 2.75) is 26.3 Å². The molecular formula is C12H16N2. The Morgan fingerprint density at radius 2 is 2.07 bits per heavy atom. The Labute approximate surface area is 85.1 Å². The van der Waals surface area contributed by atoms with Crippen molar-refractivity contribution in [1.29, 1.82) is 0 Å². The predicted molar refractivity (Wildman–Crippen MR) is 59.4 cm³/mol. The summed E-state index contributed by atoms with van der Waals surface area (Å²) in [7, 11) is 0. The number of rotatable bonds is 0. The first-order valence-electron chi connectivity index (χ1n) is 4.90. The molecule has 74 valence electrons. The molecule has 2 nitrogen and oxygen atoms in total. The van der Waals surface area contributed by atoms with E-state index in [9.17, 15) is 0 Å². The van der Waals surface area contributed by atoms with E-state index in [1.54, 1.807) is 0 Å². The average Bonchev–Trinajstić information content (AvgIpc) is 2.27. The zero-order valence-electron chi connectivity index (χ0n) is 8.89. The quantitative estimate of drug-likeness (QED) is 0.609. The number of hydrogen-bond acceptors (Lipinski definition) is 2. The van der Waals surface area contributed by atoms with Gasteiger partial charge in [-0.25, -0.2) is 0 Å². The Bertz CT molecular complexity index is 368. The van der Waals surface area contributed by atoms with Gasteiger partial charge < -0.3 is 10.6 Å². The second kappa shape index (κ2) is 3.05. The maximum atomic E-state index is 3.49. The second-order valence-electron chi connectivity index (χ2n) is 4.34. The van der Waals surface area contributed by atoms with Gasteiger partial charge in [-0.15, -0.1) is 0 Å². The van der Waals surface area contributed by atoms with Crippen molar-refractivity contribution >= 4 is 0 Å². The van der Waals surface area contributed by atoms with E-state index in [1.807, 2.05) is 18.5 Å². The molecule has 0 saturated carbocycles. The minimum atomic E-state index is 0.0471. The normalized spacial score (nSPS) is 23.2. The summed E-state index contributed by atoms with van der Waals surface area (Å²) >= 11 is 0. The van der Waals surface area contributed by atoms with Crippen molar-refractivity contribution in [3.63, 3.8) is 0 Å². The maximum Gasteiger partial charge on any atom is 0.0505 e. The topological polar surface area (TPSA) is 24.1 Å². The molecule has 2 aliphatic heterocycles. The zero-order chi connectivity index (χ0) is 10.2. The third kappa shape index (κ3) is 1.60. The highest BCUT2D eigenvalue weighted by atomic mass is 15.0. The summed E-state index contributed by atoms with van der Waals surface area (Å²) < 4.78 is 0. The summed E-state index contributed by atoms with van der Waals surface area (Å²) in [6.07, 6.45) is 10.3. The highest BCUT2D eigenvalue weighted by Crippen LogP contribution is 2.27.